The molecule has 0 atom stereocenters. The van der Waals surface area contributed by atoms with Crippen LogP contribution in [0.15, 0.2) is 6.07 Å². The smallest absolute Gasteiger partial charge is 0.258 e. The molecule has 112 valence electrons. The molecule has 8 heteroatoms. The molecule has 0 unspecified atom stereocenters. The number of halogens is 4. The largest absolute Gasteiger partial charge is 0.309 e. The van der Waals surface area contributed by atoms with Crippen molar-refractivity contribution in [3.63, 3.8) is 0 Å². The second kappa shape index (κ2) is 5.91. The molecule has 0 fully saturated rings. The molecule has 1 aromatic carbocycles. The molecule has 0 N–H and O–H groups in total. The van der Waals surface area contributed by atoms with Gasteiger partial charge in [-0.15, -0.1) is 0 Å². The number of hydrogen-bond donors (Lipinski definition) is 0. The molecular formula is C13H10Cl3FN2O2. The van der Waals surface area contributed by atoms with E-state index in [1.165, 1.54) is 6.07 Å². The minimum Gasteiger partial charge on any atom is -0.258 e. The van der Waals surface area contributed by atoms with Gasteiger partial charge in [-0.25, -0.2) is 9.37 Å². The third kappa shape index (κ3) is 2.91. The summed E-state index contributed by atoms with van der Waals surface area (Å²) < 4.78 is 13.8. The van der Waals surface area contributed by atoms with Crippen molar-refractivity contribution in [2.45, 2.75) is 20.3 Å². The van der Waals surface area contributed by atoms with E-state index in [4.69, 9.17) is 34.8 Å². The van der Waals surface area contributed by atoms with Crippen molar-refractivity contribution in [2.24, 2.45) is 5.92 Å². The molecule has 0 spiro atoms. The minimum atomic E-state index is -0.875. The summed E-state index contributed by atoms with van der Waals surface area (Å²) in [6, 6.07) is 1.26. The van der Waals surface area contributed by atoms with E-state index >= 15 is 0 Å². The van der Waals surface area contributed by atoms with Crippen LogP contribution >= 0.6 is 34.8 Å². The molecule has 0 aliphatic carbocycles. The topological polar surface area (TPSA) is 56.0 Å². The lowest BCUT2D eigenvalue weighted by Gasteiger charge is -2.11. The molecule has 0 saturated heterocycles. The Balaban J connectivity index is 2.91. The van der Waals surface area contributed by atoms with Gasteiger partial charge in [-0.05, 0) is 18.4 Å². The summed E-state index contributed by atoms with van der Waals surface area (Å²) in [6.07, 6.45) is 0.360. The van der Waals surface area contributed by atoms with Crippen LogP contribution in [0.2, 0.25) is 15.1 Å². The summed E-state index contributed by atoms with van der Waals surface area (Å²) in [5.41, 5.74) is 0.116. The lowest BCUT2D eigenvalue weighted by molar-refractivity contribution is -0.385. The van der Waals surface area contributed by atoms with Gasteiger partial charge in [0.15, 0.2) is 5.82 Å². The molecule has 0 radical (unpaired) electrons. The average molecular weight is 352 g/mol. The summed E-state index contributed by atoms with van der Waals surface area (Å²) >= 11 is 17.7. The Labute approximate surface area is 135 Å². The highest BCUT2D eigenvalue weighted by Gasteiger charge is 2.27. The zero-order valence-electron chi connectivity index (χ0n) is 11.1. The van der Waals surface area contributed by atoms with E-state index in [1.54, 1.807) is 0 Å². The van der Waals surface area contributed by atoms with Crippen molar-refractivity contribution in [3.05, 3.63) is 42.8 Å². The number of hydrogen-bond acceptors (Lipinski definition) is 3. The third-order valence-electron chi connectivity index (χ3n) is 2.88. The summed E-state index contributed by atoms with van der Waals surface area (Å²) in [5, 5.41) is 10.5. The maximum Gasteiger partial charge on any atom is 0.309 e. The molecule has 0 bridgehead atoms. The molecule has 0 aliphatic heterocycles. The van der Waals surface area contributed by atoms with E-state index in [9.17, 15) is 14.5 Å². The Morgan fingerprint density at radius 1 is 1.33 bits per heavy atom. The molecule has 0 aliphatic rings. The number of rotatable bonds is 3. The van der Waals surface area contributed by atoms with Crippen LogP contribution in [0.3, 0.4) is 0 Å². The van der Waals surface area contributed by atoms with Gasteiger partial charge in [0.2, 0.25) is 0 Å². The first-order chi connectivity index (χ1) is 9.73. The highest BCUT2D eigenvalue weighted by Crippen LogP contribution is 2.41. The van der Waals surface area contributed by atoms with Crippen LogP contribution in [0.5, 0.6) is 0 Å². The molecule has 1 heterocycles. The van der Waals surface area contributed by atoms with Gasteiger partial charge in [0.1, 0.15) is 10.7 Å². The molecule has 2 rings (SSSR count). The van der Waals surface area contributed by atoms with E-state index in [1.807, 2.05) is 13.8 Å². The Bertz CT molecular complexity index is 750. The van der Waals surface area contributed by atoms with Crippen molar-refractivity contribution in [1.29, 1.82) is 0 Å². The van der Waals surface area contributed by atoms with E-state index in [-0.39, 0.29) is 43.3 Å². The predicted octanol–water partition coefficient (Wildman–Crippen LogP) is 5.44. The fourth-order valence-corrected chi connectivity index (χ4v) is 2.99. The highest BCUT2D eigenvalue weighted by atomic mass is 35.5. The summed E-state index contributed by atoms with van der Waals surface area (Å²) in [4.78, 5) is 14.8. The van der Waals surface area contributed by atoms with Crippen LogP contribution in [-0.2, 0) is 6.42 Å². The Kier molecular flexibility index (Phi) is 4.56. The molecule has 2 aromatic rings. The Morgan fingerprint density at radius 3 is 2.48 bits per heavy atom. The number of nitro groups is 1. The lowest BCUT2D eigenvalue weighted by atomic mass is 10.0. The lowest BCUT2D eigenvalue weighted by Crippen LogP contribution is -2.05. The first kappa shape index (κ1) is 16.2. The van der Waals surface area contributed by atoms with Gasteiger partial charge in [0.25, 0.3) is 0 Å². The number of aromatic nitrogens is 1. The first-order valence-corrected chi connectivity index (χ1v) is 7.17. The van der Waals surface area contributed by atoms with E-state index in [0.29, 0.717) is 6.42 Å². The van der Waals surface area contributed by atoms with Crippen molar-refractivity contribution < 1.29 is 9.31 Å². The third-order valence-corrected chi connectivity index (χ3v) is 3.88. The quantitative estimate of drug-likeness (QED) is 0.420. The van der Waals surface area contributed by atoms with Crippen LogP contribution in [-0.4, -0.2) is 9.91 Å². The number of benzene rings is 1. The van der Waals surface area contributed by atoms with Crippen molar-refractivity contribution in [1.82, 2.24) is 4.98 Å². The zero-order valence-corrected chi connectivity index (χ0v) is 13.4. The van der Waals surface area contributed by atoms with Crippen LogP contribution in [0.1, 0.15) is 19.5 Å². The van der Waals surface area contributed by atoms with E-state index < -0.39 is 10.7 Å². The van der Waals surface area contributed by atoms with Gasteiger partial charge in [-0.2, -0.15) is 0 Å². The standard InChI is InChI=1S/C13H10Cl3FN2O2/c1-5(2)3-8-13(19(20)21)11(16)9-7(18-8)4-6(14)12(17)10(9)15/h4-5H,3H2,1-2H3. The second-order valence-corrected chi connectivity index (χ2v) is 6.12. The fraction of sp³-hybridized carbons (Fsp3) is 0.308. The van der Waals surface area contributed by atoms with E-state index in [2.05, 4.69) is 4.98 Å². The Morgan fingerprint density at radius 2 is 1.95 bits per heavy atom. The Hall–Kier alpha value is -1.17. The van der Waals surface area contributed by atoms with Gasteiger partial charge >= 0.3 is 5.69 Å². The van der Waals surface area contributed by atoms with Crippen LogP contribution in [0, 0.1) is 21.8 Å². The molecule has 21 heavy (non-hydrogen) atoms. The van der Waals surface area contributed by atoms with Gasteiger partial charge < -0.3 is 0 Å². The molecule has 0 saturated carbocycles. The monoisotopic (exact) mass is 350 g/mol. The summed E-state index contributed by atoms with van der Waals surface area (Å²) in [7, 11) is 0. The number of pyridine rings is 1. The summed E-state index contributed by atoms with van der Waals surface area (Å²) in [5.74, 6) is -0.739. The maximum atomic E-state index is 13.8. The fourth-order valence-electron chi connectivity index (χ4n) is 2.04. The van der Waals surface area contributed by atoms with Gasteiger partial charge in [-0.3, -0.25) is 10.1 Å². The van der Waals surface area contributed by atoms with Crippen molar-refractivity contribution >= 4 is 51.4 Å². The maximum absolute atomic E-state index is 13.8. The van der Waals surface area contributed by atoms with E-state index in [0.717, 1.165) is 0 Å². The van der Waals surface area contributed by atoms with Crippen LogP contribution in [0.25, 0.3) is 10.9 Å². The normalized spacial score (nSPS) is 11.4. The summed E-state index contributed by atoms with van der Waals surface area (Å²) in [6.45, 7) is 3.79. The second-order valence-electron chi connectivity index (χ2n) is 4.96. The van der Waals surface area contributed by atoms with Crippen molar-refractivity contribution in [3.8, 4) is 0 Å². The zero-order chi connectivity index (χ0) is 15.9. The van der Waals surface area contributed by atoms with Gasteiger partial charge in [-0.1, -0.05) is 48.7 Å². The van der Waals surface area contributed by atoms with Crippen molar-refractivity contribution in [2.75, 3.05) is 0 Å². The van der Waals surface area contributed by atoms with Gasteiger partial charge in [0.05, 0.1) is 20.5 Å². The van der Waals surface area contributed by atoms with Gasteiger partial charge in [0, 0.05) is 5.39 Å². The number of fused-ring (bicyclic) bond motifs is 1. The molecule has 1 aromatic heterocycles. The SMILES string of the molecule is CC(C)Cc1nc2cc(Cl)c(F)c(Cl)c2c(Cl)c1[N+](=O)[O-]. The molecule has 0 amide bonds. The number of nitrogens with zero attached hydrogens (tertiary/aromatic N) is 2. The van der Waals surface area contributed by atoms with Crippen LogP contribution < -0.4 is 0 Å². The predicted molar refractivity (Wildman–Crippen MR) is 81.9 cm³/mol. The molecular weight excluding hydrogens is 342 g/mol. The average Bonchev–Trinajstić information content (AvgIpc) is 2.34. The molecule has 4 nitrogen and oxygen atoms in total. The highest BCUT2D eigenvalue weighted by molar-refractivity contribution is 6.44. The minimum absolute atomic E-state index is 0.000519. The first-order valence-electron chi connectivity index (χ1n) is 6.04. The van der Waals surface area contributed by atoms with Crippen LogP contribution in [0.4, 0.5) is 10.1 Å².